The Kier molecular flexibility index (Phi) is 8.16. The summed E-state index contributed by atoms with van der Waals surface area (Å²) in [5, 5.41) is 15.2. The average Bonchev–Trinajstić information content (AvgIpc) is 4.42. The van der Waals surface area contributed by atoms with Crippen LogP contribution in [0.15, 0.2) is 218 Å². The highest BCUT2D eigenvalue weighted by Gasteiger charge is 2.26. The SMILES string of the molecule is c1cc(-c2c3cc4cccc(c5ccc6ccc7ccc(nc7c6n5)c5cccc6cc2[nH]c65)c4n3)c2cc3c(C4c5cc6cccc(c6[nH]5)-c5ccc6ccc7ccc(nc7c6n5)-c5cccc6cc4[nH]c56)cccc3cc2c1. The van der Waals surface area contributed by atoms with Crippen molar-refractivity contribution in [1.82, 2.24) is 39.9 Å². The van der Waals surface area contributed by atoms with E-state index in [-0.39, 0.29) is 5.92 Å². The Balaban J connectivity index is 0.903. The number of fused-ring (bicyclic) bond motifs is 14. The van der Waals surface area contributed by atoms with Crippen molar-refractivity contribution in [3.8, 4) is 33.6 Å². The zero-order chi connectivity index (χ0) is 51.9. The van der Waals surface area contributed by atoms with Crippen molar-refractivity contribution in [2.24, 2.45) is 0 Å². The zero-order valence-corrected chi connectivity index (χ0v) is 42.6. The molecule has 1 aliphatic heterocycles. The molecule has 368 valence electrons. The molecule has 9 aromatic heterocycles. The van der Waals surface area contributed by atoms with Crippen molar-refractivity contribution < 1.29 is 0 Å². The van der Waals surface area contributed by atoms with Crippen LogP contribution in [-0.4, -0.2) is 39.9 Å². The molecular formula is C72H40N8. The number of aromatic amines is 3. The highest BCUT2D eigenvalue weighted by Crippen LogP contribution is 2.45. The quantitative estimate of drug-likeness (QED) is 0.118. The van der Waals surface area contributed by atoms with Gasteiger partial charge in [0.15, 0.2) is 0 Å². The van der Waals surface area contributed by atoms with Gasteiger partial charge >= 0.3 is 0 Å². The number of hydrogen-bond donors (Lipinski definition) is 3. The van der Waals surface area contributed by atoms with Crippen molar-refractivity contribution >= 4 is 142 Å². The van der Waals surface area contributed by atoms with Gasteiger partial charge in [-0.15, -0.1) is 0 Å². The minimum atomic E-state index is -0.234. The van der Waals surface area contributed by atoms with E-state index < -0.39 is 0 Å². The molecule has 10 heterocycles. The number of pyridine rings is 4. The van der Waals surface area contributed by atoms with E-state index in [9.17, 15) is 0 Å². The molecule has 8 nitrogen and oxygen atoms in total. The second kappa shape index (κ2) is 15.4. The first-order chi connectivity index (χ1) is 39.6. The topological polar surface area (TPSA) is 112 Å². The van der Waals surface area contributed by atoms with E-state index in [0.717, 1.165) is 187 Å². The van der Waals surface area contributed by atoms with Crippen LogP contribution in [-0.2, 0) is 0 Å². The number of H-pyrrole nitrogens is 3. The third-order valence-corrected chi connectivity index (χ3v) is 17.4. The summed E-state index contributed by atoms with van der Waals surface area (Å²) < 4.78 is 0. The van der Waals surface area contributed by atoms with Crippen molar-refractivity contribution in [2.75, 3.05) is 0 Å². The third kappa shape index (κ3) is 5.91. The molecule has 16 bridgehead atoms. The lowest BCUT2D eigenvalue weighted by atomic mass is 9.86. The van der Waals surface area contributed by atoms with Gasteiger partial charge in [-0.2, -0.15) is 0 Å². The van der Waals surface area contributed by atoms with Gasteiger partial charge in [0.1, 0.15) is 0 Å². The minimum absolute atomic E-state index is 0.234. The Morgan fingerprint density at radius 1 is 0.275 bits per heavy atom. The van der Waals surface area contributed by atoms with Crippen LogP contribution >= 0.6 is 0 Å². The lowest BCUT2D eigenvalue weighted by molar-refractivity contribution is 0.915. The lowest BCUT2D eigenvalue weighted by Crippen LogP contribution is -2.05. The van der Waals surface area contributed by atoms with E-state index in [0.29, 0.717) is 0 Å². The van der Waals surface area contributed by atoms with Crippen LogP contribution in [0.4, 0.5) is 0 Å². The van der Waals surface area contributed by atoms with Crippen molar-refractivity contribution in [2.45, 2.75) is 5.92 Å². The fraction of sp³-hybridized carbons (Fsp3) is 0.0139. The maximum absolute atomic E-state index is 5.65. The molecule has 0 radical (unpaired) electrons. The highest BCUT2D eigenvalue weighted by molar-refractivity contribution is 6.17. The number of para-hydroxylation sites is 4. The maximum Gasteiger partial charge on any atom is 0.0972 e. The van der Waals surface area contributed by atoms with Gasteiger partial charge in [0.05, 0.1) is 78.0 Å². The molecule has 8 heteroatoms. The van der Waals surface area contributed by atoms with E-state index in [1.807, 2.05) is 0 Å². The van der Waals surface area contributed by atoms with Crippen LogP contribution in [0.5, 0.6) is 0 Å². The van der Waals surface area contributed by atoms with Crippen molar-refractivity contribution in [1.29, 1.82) is 0 Å². The summed E-state index contributed by atoms with van der Waals surface area (Å²) in [6, 6.07) is 79.4. The molecule has 1 aliphatic rings. The molecule has 0 fully saturated rings. The molecule has 0 saturated carbocycles. The van der Waals surface area contributed by atoms with Crippen molar-refractivity contribution in [3.63, 3.8) is 0 Å². The number of rotatable bonds is 2. The summed E-state index contributed by atoms with van der Waals surface area (Å²) in [5.41, 5.74) is 20.5. The molecule has 0 saturated heterocycles. The second-order valence-corrected chi connectivity index (χ2v) is 21.8. The molecule has 0 unspecified atom stereocenters. The van der Waals surface area contributed by atoms with Gasteiger partial charge < -0.3 is 15.0 Å². The smallest absolute Gasteiger partial charge is 0.0972 e. The van der Waals surface area contributed by atoms with E-state index in [1.165, 1.54) is 5.56 Å². The molecule has 80 heavy (non-hydrogen) atoms. The molecule has 3 N–H and O–H groups in total. The minimum Gasteiger partial charge on any atom is -0.357 e. The summed E-state index contributed by atoms with van der Waals surface area (Å²) in [6.07, 6.45) is 0. The summed E-state index contributed by atoms with van der Waals surface area (Å²) in [5.74, 6) is -0.234. The number of benzene rings is 9. The predicted molar refractivity (Wildman–Crippen MR) is 330 cm³/mol. The van der Waals surface area contributed by atoms with Gasteiger partial charge in [-0.25, -0.2) is 24.9 Å². The molecule has 0 spiro atoms. The van der Waals surface area contributed by atoms with Crippen LogP contribution in [0, 0.1) is 0 Å². The van der Waals surface area contributed by atoms with Crippen LogP contribution < -0.4 is 0 Å². The standard InChI is InChI=1S/C72H40N8/c1-7-41-31-42-8-2-14-48(64-61-34-45-11-5-17-51(67(45)79-61)57-29-25-39-21-22-40-26-30-58(76-72(40)71(39)75-57)52-18-6-12-46-35-62(64)80-68(46)52)54(42)36-53(41)47(13-1)63-59-32-43-9-3-15-49(65(43)77-59)55-27-23-37-19-20-38-24-28-56(74-70(38)69(37)73-55)50-16-4-10-44-33-60(63)78-66(44)50/h1-36,63,77-79H. The van der Waals surface area contributed by atoms with Gasteiger partial charge in [0.2, 0.25) is 0 Å². The Labute approximate surface area is 454 Å². The second-order valence-electron chi connectivity index (χ2n) is 21.8. The lowest BCUT2D eigenvalue weighted by Gasteiger charge is -2.19. The highest BCUT2D eigenvalue weighted by atomic mass is 14.8. The van der Waals surface area contributed by atoms with Crippen LogP contribution in [0.1, 0.15) is 22.9 Å². The van der Waals surface area contributed by atoms with E-state index in [2.05, 4.69) is 233 Å². The Morgan fingerprint density at radius 2 is 0.762 bits per heavy atom. The zero-order valence-electron chi connectivity index (χ0n) is 42.6. The van der Waals surface area contributed by atoms with Gasteiger partial charge in [-0.1, -0.05) is 158 Å². The molecular weight excluding hydrogens is 977 g/mol. The first kappa shape index (κ1) is 42.3. The molecule has 9 aromatic carbocycles. The van der Waals surface area contributed by atoms with Crippen LogP contribution in [0.2, 0.25) is 0 Å². The monoisotopic (exact) mass is 1020 g/mol. The summed E-state index contributed by atoms with van der Waals surface area (Å²) in [4.78, 5) is 39.4. The number of hydrogen-bond acceptors (Lipinski definition) is 5. The summed E-state index contributed by atoms with van der Waals surface area (Å²) >= 11 is 0. The molecule has 0 aliphatic carbocycles. The predicted octanol–water partition coefficient (Wildman–Crippen LogP) is 18.1. The van der Waals surface area contributed by atoms with E-state index in [4.69, 9.17) is 24.9 Å². The third-order valence-electron chi connectivity index (χ3n) is 17.4. The Hall–Kier alpha value is -10.8. The first-order valence-electron chi connectivity index (χ1n) is 27.2. The van der Waals surface area contributed by atoms with Gasteiger partial charge in [0, 0.05) is 87.5 Å². The summed E-state index contributed by atoms with van der Waals surface area (Å²) in [7, 11) is 0. The molecule has 18 aromatic rings. The van der Waals surface area contributed by atoms with E-state index >= 15 is 0 Å². The fourth-order valence-electron chi connectivity index (χ4n) is 13.6. The van der Waals surface area contributed by atoms with Gasteiger partial charge in [-0.3, -0.25) is 0 Å². The van der Waals surface area contributed by atoms with E-state index in [1.54, 1.807) is 0 Å². The first-order valence-corrected chi connectivity index (χ1v) is 27.2. The van der Waals surface area contributed by atoms with Crippen LogP contribution in [0.3, 0.4) is 0 Å². The number of nitrogens with zero attached hydrogens (tertiary/aromatic N) is 5. The van der Waals surface area contributed by atoms with Crippen LogP contribution in [0.25, 0.3) is 175 Å². The Morgan fingerprint density at radius 3 is 1.41 bits per heavy atom. The Bertz CT molecular complexity index is 5530. The normalized spacial score (nSPS) is 12.9. The van der Waals surface area contributed by atoms with Gasteiger partial charge in [0.25, 0.3) is 0 Å². The average molecular weight is 1020 g/mol. The molecule has 0 amide bonds. The molecule has 0 atom stereocenters. The number of aromatic nitrogens is 8. The molecule has 19 rings (SSSR count). The van der Waals surface area contributed by atoms with Gasteiger partial charge in [-0.05, 0) is 93.3 Å². The van der Waals surface area contributed by atoms with Crippen molar-refractivity contribution in [3.05, 3.63) is 235 Å². The maximum atomic E-state index is 5.65. The summed E-state index contributed by atoms with van der Waals surface area (Å²) in [6.45, 7) is 0. The fourth-order valence-corrected chi connectivity index (χ4v) is 13.6. The number of nitrogens with one attached hydrogen (secondary N) is 3. The largest absolute Gasteiger partial charge is 0.357 e.